The smallest absolute Gasteiger partial charge is 0.326 e. The molecular formula is C17H30N2O4. The highest BCUT2D eigenvalue weighted by molar-refractivity contribution is 5.88. The Morgan fingerprint density at radius 2 is 1.78 bits per heavy atom. The van der Waals surface area contributed by atoms with E-state index in [0.717, 1.165) is 18.4 Å². The summed E-state index contributed by atoms with van der Waals surface area (Å²) in [6, 6.07) is -0.937. The highest BCUT2D eigenvalue weighted by Crippen LogP contribution is 2.18. The van der Waals surface area contributed by atoms with E-state index in [1.54, 1.807) is 33.8 Å². The van der Waals surface area contributed by atoms with Crippen LogP contribution >= 0.6 is 0 Å². The molecule has 0 aromatic heterocycles. The summed E-state index contributed by atoms with van der Waals surface area (Å²) in [4.78, 5) is 23.5. The zero-order valence-corrected chi connectivity index (χ0v) is 15.0. The number of ether oxygens (including phenoxy) is 1. The van der Waals surface area contributed by atoms with E-state index in [9.17, 15) is 9.59 Å². The Bertz CT molecular complexity index is 461. The quantitative estimate of drug-likeness (QED) is 0.448. The van der Waals surface area contributed by atoms with Gasteiger partial charge in [-0.1, -0.05) is 33.3 Å². The Morgan fingerprint density at radius 1 is 1.26 bits per heavy atom. The van der Waals surface area contributed by atoms with Crippen LogP contribution in [0.25, 0.3) is 0 Å². The highest BCUT2D eigenvalue weighted by atomic mass is 16.5. The van der Waals surface area contributed by atoms with Crippen LogP contribution in [0.2, 0.25) is 0 Å². The third kappa shape index (κ3) is 7.30. The van der Waals surface area contributed by atoms with Gasteiger partial charge in [0.05, 0.1) is 5.41 Å². The normalized spacial score (nSPS) is 12.5. The van der Waals surface area contributed by atoms with Crippen molar-refractivity contribution in [1.29, 1.82) is 5.41 Å². The number of rotatable bonds is 9. The second-order valence-electron chi connectivity index (χ2n) is 6.58. The first-order valence-electron chi connectivity index (χ1n) is 7.99. The highest BCUT2D eigenvalue weighted by Gasteiger charge is 2.33. The molecule has 132 valence electrons. The number of hydrogen-bond acceptors (Lipinski definition) is 4. The molecule has 1 atom stereocenters. The van der Waals surface area contributed by atoms with Gasteiger partial charge in [0.15, 0.2) is 0 Å². The Balaban J connectivity index is 4.74. The van der Waals surface area contributed by atoms with Crippen molar-refractivity contribution in [3.05, 3.63) is 11.6 Å². The van der Waals surface area contributed by atoms with E-state index >= 15 is 0 Å². The molecule has 0 aliphatic heterocycles. The van der Waals surface area contributed by atoms with E-state index in [2.05, 4.69) is 5.32 Å². The van der Waals surface area contributed by atoms with Crippen LogP contribution in [0.3, 0.4) is 0 Å². The van der Waals surface area contributed by atoms with E-state index in [0.29, 0.717) is 0 Å². The summed E-state index contributed by atoms with van der Waals surface area (Å²) >= 11 is 0. The van der Waals surface area contributed by atoms with Crippen molar-refractivity contribution in [3.63, 3.8) is 0 Å². The number of hydrogen-bond donors (Lipinski definition) is 3. The maximum absolute atomic E-state index is 12.3. The average molecular weight is 326 g/mol. The summed E-state index contributed by atoms with van der Waals surface area (Å²) in [5, 5.41) is 19.5. The maximum Gasteiger partial charge on any atom is 0.326 e. The molecule has 0 bridgehead atoms. The number of aliphatic carboxylic acids is 1. The minimum absolute atomic E-state index is 0.0132. The summed E-state index contributed by atoms with van der Waals surface area (Å²) in [6.45, 7) is 10.8. The third-order valence-electron chi connectivity index (χ3n) is 3.67. The fraction of sp³-hybridized carbons (Fsp3) is 0.706. The monoisotopic (exact) mass is 326 g/mol. The summed E-state index contributed by atoms with van der Waals surface area (Å²) in [5.74, 6) is -1.66. The van der Waals surface area contributed by atoms with Gasteiger partial charge < -0.3 is 15.2 Å². The van der Waals surface area contributed by atoms with Crippen molar-refractivity contribution in [3.8, 4) is 0 Å². The Labute approximate surface area is 138 Å². The van der Waals surface area contributed by atoms with Gasteiger partial charge in [-0.2, -0.15) is 0 Å². The van der Waals surface area contributed by atoms with Crippen molar-refractivity contribution in [2.24, 2.45) is 11.3 Å². The topological polar surface area (TPSA) is 99.5 Å². The first kappa shape index (κ1) is 21.1. The summed E-state index contributed by atoms with van der Waals surface area (Å²) in [7, 11) is 0. The SMILES string of the molecule is CCC(=CC(=N)OCC(C)(C)C(=O)N[C@H](C(=O)O)C(C)C)CC. The molecule has 0 fully saturated rings. The van der Waals surface area contributed by atoms with Crippen LogP contribution in [-0.4, -0.2) is 35.5 Å². The van der Waals surface area contributed by atoms with Crippen LogP contribution < -0.4 is 5.32 Å². The first-order valence-corrected chi connectivity index (χ1v) is 7.99. The molecule has 6 heteroatoms. The molecule has 0 aliphatic carbocycles. The second-order valence-corrected chi connectivity index (χ2v) is 6.58. The minimum Gasteiger partial charge on any atom is -0.480 e. The Kier molecular flexibility index (Phi) is 8.58. The molecule has 0 unspecified atom stereocenters. The Hall–Kier alpha value is -1.85. The van der Waals surface area contributed by atoms with Gasteiger partial charge in [-0.3, -0.25) is 10.2 Å². The van der Waals surface area contributed by atoms with Gasteiger partial charge in [-0.25, -0.2) is 4.79 Å². The number of allylic oxidation sites excluding steroid dienone is 1. The molecule has 0 spiro atoms. The van der Waals surface area contributed by atoms with Crippen molar-refractivity contribution in [1.82, 2.24) is 5.32 Å². The van der Waals surface area contributed by atoms with Crippen LogP contribution in [0.1, 0.15) is 54.4 Å². The lowest BCUT2D eigenvalue weighted by molar-refractivity contribution is -0.145. The van der Waals surface area contributed by atoms with Gasteiger partial charge in [0.25, 0.3) is 0 Å². The molecule has 3 N–H and O–H groups in total. The lowest BCUT2D eigenvalue weighted by Crippen LogP contribution is -2.50. The minimum atomic E-state index is -1.06. The fourth-order valence-electron chi connectivity index (χ4n) is 1.86. The van der Waals surface area contributed by atoms with E-state index in [4.69, 9.17) is 15.3 Å². The molecule has 1 amide bonds. The molecule has 0 aliphatic rings. The van der Waals surface area contributed by atoms with Crippen LogP contribution in [0.5, 0.6) is 0 Å². The van der Waals surface area contributed by atoms with E-state index < -0.39 is 23.3 Å². The van der Waals surface area contributed by atoms with Crippen LogP contribution in [0.4, 0.5) is 0 Å². The number of carbonyl (C=O) groups is 2. The van der Waals surface area contributed by atoms with Gasteiger partial charge >= 0.3 is 5.97 Å². The Morgan fingerprint density at radius 3 is 2.17 bits per heavy atom. The van der Waals surface area contributed by atoms with Crippen molar-refractivity contribution < 1.29 is 19.4 Å². The van der Waals surface area contributed by atoms with E-state index in [1.807, 2.05) is 13.8 Å². The average Bonchev–Trinajstić information content (AvgIpc) is 2.47. The molecule has 23 heavy (non-hydrogen) atoms. The molecular weight excluding hydrogens is 296 g/mol. The molecule has 0 saturated carbocycles. The first-order chi connectivity index (χ1) is 10.5. The number of carboxylic acid groups (broad SMARTS) is 1. The number of nitrogens with one attached hydrogen (secondary N) is 2. The number of amides is 1. The lowest BCUT2D eigenvalue weighted by atomic mass is 9.92. The van der Waals surface area contributed by atoms with Crippen molar-refractivity contribution in [2.45, 2.75) is 60.4 Å². The summed E-state index contributed by atoms with van der Waals surface area (Å²) in [5.41, 5.74) is 0.171. The van der Waals surface area contributed by atoms with E-state index in [-0.39, 0.29) is 18.4 Å². The van der Waals surface area contributed by atoms with Crippen LogP contribution in [0, 0.1) is 16.7 Å². The lowest BCUT2D eigenvalue weighted by Gasteiger charge is -2.27. The van der Waals surface area contributed by atoms with E-state index in [1.165, 1.54) is 0 Å². The molecule has 6 nitrogen and oxygen atoms in total. The zero-order chi connectivity index (χ0) is 18.2. The zero-order valence-electron chi connectivity index (χ0n) is 15.0. The van der Waals surface area contributed by atoms with Crippen LogP contribution in [-0.2, 0) is 14.3 Å². The number of carbonyl (C=O) groups excluding carboxylic acids is 1. The standard InChI is InChI=1S/C17H30N2O4/c1-7-12(8-2)9-13(18)23-10-17(5,6)16(22)19-14(11(3)4)15(20)21/h9,11,14,18H,7-8,10H2,1-6H3,(H,19,22)(H,20,21)/t14-/m0/s1. The van der Waals surface area contributed by atoms with Gasteiger partial charge in [0.2, 0.25) is 11.8 Å². The molecule has 0 aromatic carbocycles. The van der Waals surface area contributed by atoms with Crippen molar-refractivity contribution >= 4 is 17.8 Å². The molecule has 0 radical (unpaired) electrons. The molecule has 0 rings (SSSR count). The van der Waals surface area contributed by atoms with Crippen LogP contribution in [0.15, 0.2) is 11.6 Å². The molecule has 0 heterocycles. The van der Waals surface area contributed by atoms with Gasteiger partial charge in [0.1, 0.15) is 12.6 Å². The van der Waals surface area contributed by atoms with Gasteiger partial charge in [-0.05, 0) is 38.7 Å². The predicted octanol–water partition coefficient (Wildman–Crippen LogP) is 2.98. The third-order valence-corrected chi connectivity index (χ3v) is 3.67. The molecule has 0 saturated heterocycles. The predicted molar refractivity (Wildman–Crippen MR) is 90.5 cm³/mol. The maximum atomic E-state index is 12.3. The number of carboxylic acids is 1. The summed E-state index contributed by atoms with van der Waals surface area (Å²) in [6.07, 6.45) is 3.36. The van der Waals surface area contributed by atoms with Gasteiger partial charge in [0, 0.05) is 0 Å². The van der Waals surface area contributed by atoms with Gasteiger partial charge in [-0.15, -0.1) is 0 Å². The second kappa shape index (κ2) is 9.33. The summed E-state index contributed by atoms with van der Waals surface area (Å²) < 4.78 is 5.36. The fourth-order valence-corrected chi connectivity index (χ4v) is 1.86. The largest absolute Gasteiger partial charge is 0.480 e. The van der Waals surface area contributed by atoms with Crippen molar-refractivity contribution in [2.75, 3.05) is 6.61 Å². The molecule has 0 aromatic rings.